The van der Waals surface area contributed by atoms with Crippen molar-refractivity contribution in [2.24, 2.45) is 0 Å². The molecule has 3 heteroatoms. The minimum absolute atomic E-state index is 0.367. The first-order chi connectivity index (χ1) is 6.04. The van der Waals surface area contributed by atoms with E-state index in [0.717, 1.165) is 11.3 Å². The minimum Gasteiger partial charge on any atom is -0.478 e. The summed E-state index contributed by atoms with van der Waals surface area (Å²) in [6, 6.07) is 5.28. The number of anilines is 1. The van der Waals surface area contributed by atoms with Crippen molar-refractivity contribution in [1.82, 2.24) is 0 Å². The van der Waals surface area contributed by atoms with Crippen LogP contribution in [0.4, 0.5) is 5.69 Å². The molecule has 1 aromatic rings. The third-order valence-corrected chi connectivity index (χ3v) is 2.02. The van der Waals surface area contributed by atoms with Gasteiger partial charge in [0, 0.05) is 19.8 Å². The molecule has 0 radical (unpaired) electrons. The molecule has 0 aromatic heterocycles. The molecule has 0 unspecified atom stereocenters. The molecule has 0 aliphatic heterocycles. The van der Waals surface area contributed by atoms with E-state index >= 15 is 0 Å². The zero-order valence-electron chi connectivity index (χ0n) is 8.03. The molecule has 13 heavy (non-hydrogen) atoms. The highest BCUT2D eigenvalue weighted by Gasteiger charge is 2.10. The summed E-state index contributed by atoms with van der Waals surface area (Å²) >= 11 is 0. The summed E-state index contributed by atoms with van der Waals surface area (Å²) in [5.41, 5.74) is 2.12. The zero-order chi connectivity index (χ0) is 10.0. The Labute approximate surface area is 77.6 Å². The number of hydrogen-bond donors (Lipinski definition) is 1. The van der Waals surface area contributed by atoms with Crippen LogP contribution >= 0.6 is 0 Å². The van der Waals surface area contributed by atoms with Crippen molar-refractivity contribution >= 4 is 11.7 Å². The van der Waals surface area contributed by atoms with Gasteiger partial charge in [-0.3, -0.25) is 0 Å². The normalized spacial score (nSPS) is 9.77. The number of benzene rings is 1. The maximum Gasteiger partial charge on any atom is 0.336 e. The van der Waals surface area contributed by atoms with Crippen LogP contribution in [0.1, 0.15) is 15.9 Å². The molecule has 0 spiro atoms. The monoisotopic (exact) mass is 179 g/mol. The second kappa shape index (κ2) is 3.47. The molecule has 1 N–H and O–H groups in total. The van der Waals surface area contributed by atoms with Crippen molar-refractivity contribution in [2.45, 2.75) is 6.92 Å². The molecule has 0 aliphatic rings. The van der Waals surface area contributed by atoms with Crippen LogP contribution < -0.4 is 4.90 Å². The molecule has 1 rings (SSSR count). The standard InChI is InChI=1S/C10H13NO2/c1-7-8(10(12)13)5-4-6-9(7)11(2)3/h4-6H,1-3H3,(H,12,13). The zero-order valence-corrected chi connectivity index (χ0v) is 8.03. The van der Waals surface area contributed by atoms with Gasteiger partial charge in [0.05, 0.1) is 5.56 Å². The maximum atomic E-state index is 10.8. The molecule has 0 heterocycles. The Morgan fingerprint density at radius 2 is 2.00 bits per heavy atom. The van der Waals surface area contributed by atoms with Crippen LogP contribution in [-0.2, 0) is 0 Å². The van der Waals surface area contributed by atoms with Crippen LogP contribution in [0.2, 0.25) is 0 Å². The van der Waals surface area contributed by atoms with Crippen molar-refractivity contribution in [3.63, 3.8) is 0 Å². The highest BCUT2D eigenvalue weighted by Crippen LogP contribution is 2.20. The van der Waals surface area contributed by atoms with Gasteiger partial charge in [0.15, 0.2) is 0 Å². The van der Waals surface area contributed by atoms with Crippen LogP contribution in [0.5, 0.6) is 0 Å². The number of carbonyl (C=O) groups is 1. The van der Waals surface area contributed by atoms with E-state index in [1.807, 2.05) is 32.0 Å². The molecule has 1 aromatic carbocycles. The lowest BCUT2D eigenvalue weighted by Gasteiger charge is -2.16. The van der Waals surface area contributed by atoms with E-state index in [0.29, 0.717) is 5.56 Å². The highest BCUT2D eigenvalue weighted by molar-refractivity contribution is 5.91. The van der Waals surface area contributed by atoms with Gasteiger partial charge < -0.3 is 10.0 Å². The smallest absolute Gasteiger partial charge is 0.336 e. The van der Waals surface area contributed by atoms with E-state index in [2.05, 4.69) is 0 Å². The first-order valence-electron chi connectivity index (χ1n) is 4.04. The molecule has 0 saturated heterocycles. The van der Waals surface area contributed by atoms with Gasteiger partial charge in [0.1, 0.15) is 0 Å². The van der Waals surface area contributed by atoms with Crippen molar-refractivity contribution in [3.8, 4) is 0 Å². The van der Waals surface area contributed by atoms with Gasteiger partial charge in [0.2, 0.25) is 0 Å². The third-order valence-electron chi connectivity index (χ3n) is 2.02. The summed E-state index contributed by atoms with van der Waals surface area (Å²) in [5, 5.41) is 8.85. The fourth-order valence-corrected chi connectivity index (χ4v) is 1.34. The van der Waals surface area contributed by atoms with Gasteiger partial charge >= 0.3 is 5.97 Å². The number of carboxylic acids is 1. The number of hydrogen-bond acceptors (Lipinski definition) is 2. The number of nitrogens with zero attached hydrogens (tertiary/aromatic N) is 1. The topological polar surface area (TPSA) is 40.5 Å². The Hall–Kier alpha value is -1.51. The summed E-state index contributed by atoms with van der Waals surface area (Å²) in [4.78, 5) is 12.7. The van der Waals surface area contributed by atoms with Crippen LogP contribution in [0.3, 0.4) is 0 Å². The Balaban J connectivity index is 3.26. The van der Waals surface area contributed by atoms with E-state index in [9.17, 15) is 4.79 Å². The van der Waals surface area contributed by atoms with Crippen LogP contribution in [-0.4, -0.2) is 25.2 Å². The summed E-state index contributed by atoms with van der Waals surface area (Å²) < 4.78 is 0. The first-order valence-corrected chi connectivity index (χ1v) is 4.04. The van der Waals surface area contributed by atoms with E-state index in [1.54, 1.807) is 12.1 Å². The number of aromatic carboxylic acids is 1. The summed E-state index contributed by atoms with van der Waals surface area (Å²) in [5.74, 6) is -0.874. The molecule has 3 nitrogen and oxygen atoms in total. The predicted molar refractivity (Wildman–Crippen MR) is 52.5 cm³/mol. The SMILES string of the molecule is Cc1c(C(=O)O)cccc1N(C)C. The Kier molecular flexibility index (Phi) is 2.56. The Morgan fingerprint density at radius 1 is 1.38 bits per heavy atom. The second-order valence-electron chi connectivity index (χ2n) is 3.15. The van der Waals surface area contributed by atoms with Crippen LogP contribution in [0.15, 0.2) is 18.2 Å². The number of rotatable bonds is 2. The molecule has 0 amide bonds. The van der Waals surface area contributed by atoms with E-state index < -0.39 is 5.97 Å². The molecular formula is C10H13NO2. The second-order valence-corrected chi connectivity index (χ2v) is 3.15. The molecule has 0 aliphatic carbocycles. The van der Waals surface area contributed by atoms with Crippen molar-refractivity contribution in [1.29, 1.82) is 0 Å². The quantitative estimate of drug-likeness (QED) is 0.752. The lowest BCUT2D eigenvalue weighted by atomic mass is 10.1. The summed E-state index contributed by atoms with van der Waals surface area (Å²) in [6.07, 6.45) is 0. The molecule has 0 atom stereocenters. The predicted octanol–water partition coefficient (Wildman–Crippen LogP) is 1.76. The highest BCUT2D eigenvalue weighted by atomic mass is 16.4. The largest absolute Gasteiger partial charge is 0.478 e. The molecule has 0 fully saturated rings. The Morgan fingerprint density at radius 3 is 2.46 bits per heavy atom. The molecule has 0 bridgehead atoms. The molecular weight excluding hydrogens is 166 g/mol. The number of carboxylic acid groups (broad SMARTS) is 1. The van der Waals surface area contributed by atoms with Gasteiger partial charge in [0.25, 0.3) is 0 Å². The summed E-state index contributed by atoms with van der Waals surface area (Å²) in [7, 11) is 3.79. The third kappa shape index (κ3) is 1.80. The first kappa shape index (κ1) is 9.58. The average molecular weight is 179 g/mol. The van der Waals surface area contributed by atoms with Gasteiger partial charge in [-0.05, 0) is 24.6 Å². The van der Waals surface area contributed by atoms with E-state index in [1.165, 1.54) is 0 Å². The lowest BCUT2D eigenvalue weighted by molar-refractivity contribution is 0.0696. The van der Waals surface area contributed by atoms with Crippen LogP contribution in [0.25, 0.3) is 0 Å². The Bertz CT molecular complexity index is 332. The van der Waals surface area contributed by atoms with Gasteiger partial charge in [-0.25, -0.2) is 4.79 Å². The van der Waals surface area contributed by atoms with Crippen LogP contribution in [0, 0.1) is 6.92 Å². The van der Waals surface area contributed by atoms with Gasteiger partial charge in [-0.15, -0.1) is 0 Å². The average Bonchev–Trinajstić information content (AvgIpc) is 2.03. The van der Waals surface area contributed by atoms with E-state index in [-0.39, 0.29) is 0 Å². The molecule has 0 saturated carbocycles. The maximum absolute atomic E-state index is 10.8. The fraction of sp³-hybridized carbons (Fsp3) is 0.300. The van der Waals surface area contributed by atoms with Crippen molar-refractivity contribution in [3.05, 3.63) is 29.3 Å². The van der Waals surface area contributed by atoms with Crippen molar-refractivity contribution in [2.75, 3.05) is 19.0 Å². The van der Waals surface area contributed by atoms with E-state index in [4.69, 9.17) is 5.11 Å². The lowest BCUT2D eigenvalue weighted by Crippen LogP contribution is -2.12. The summed E-state index contributed by atoms with van der Waals surface area (Å²) in [6.45, 7) is 1.82. The minimum atomic E-state index is -0.874. The van der Waals surface area contributed by atoms with Crippen molar-refractivity contribution < 1.29 is 9.90 Å². The fourth-order valence-electron chi connectivity index (χ4n) is 1.34. The van der Waals surface area contributed by atoms with Gasteiger partial charge in [-0.2, -0.15) is 0 Å². The molecule has 70 valence electrons. The van der Waals surface area contributed by atoms with Gasteiger partial charge in [-0.1, -0.05) is 6.07 Å².